The second-order valence-electron chi connectivity index (χ2n) is 6.35. The van der Waals surface area contributed by atoms with Crippen LogP contribution in [0, 0.1) is 3.57 Å². The minimum Gasteiger partial charge on any atom is -0.493 e. The number of oxazole rings is 1. The summed E-state index contributed by atoms with van der Waals surface area (Å²) in [6, 6.07) is 16.0. The highest BCUT2D eigenvalue weighted by molar-refractivity contribution is 14.1. The van der Waals surface area contributed by atoms with Gasteiger partial charge in [-0.2, -0.15) is 0 Å². The van der Waals surface area contributed by atoms with E-state index >= 15 is 0 Å². The average Bonchev–Trinajstić information content (AvgIpc) is 3.18. The van der Waals surface area contributed by atoms with E-state index in [1.54, 1.807) is 56.7 Å². The fraction of sp³-hybridized carbons (Fsp3) is 0.0909. The number of nitrogens with zero attached hydrogens (tertiary/aromatic N) is 1. The molecule has 0 unspecified atom stereocenters. The first-order valence-electron chi connectivity index (χ1n) is 8.88. The number of nitrogens with one attached hydrogen (secondary N) is 1. The van der Waals surface area contributed by atoms with Gasteiger partial charge >= 0.3 is 0 Å². The molecule has 0 saturated heterocycles. The van der Waals surface area contributed by atoms with Crippen LogP contribution in [0.3, 0.4) is 0 Å². The molecule has 0 saturated carbocycles. The molecule has 6 nitrogen and oxygen atoms in total. The number of benzene rings is 3. The van der Waals surface area contributed by atoms with Gasteiger partial charge in [-0.15, -0.1) is 0 Å². The Kier molecular flexibility index (Phi) is 5.83. The molecular weight excluding hydrogens is 519 g/mol. The lowest BCUT2D eigenvalue weighted by Gasteiger charge is -2.07. The summed E-state index contributed by atoms with van der Waals surface area (Å²) in [5, 5.41) is 3.25. The molecule has 0 radical (unpaired) electrons. The van der Waals surface area contributed by atoms with Crippen LogP contribution >= 0.6 is 34.2 Å². The van der Waals surface area contributed by atoms with E-state index in [4.69, 9.17) is 25.5 Å². The molecule has 1 aromatic heterocycles. The molecule has 0 aliphatic heterocycles. The number of anilines is 1. The van der Waals surface area contributed by atoms with E-state index in [1.165, 1.54) is 0 Å². The van der Waals surface area contributed by atoms with E-state index < -0.39 is 0 Å². The van der Waals surface area contributed by atoms with E-state index in [-0.39, 0.29) is 5.91 Å². The van der Waals surface area contributed by atoms with E-state index in [0.717, 1.165) is 9.13 Å². The summed E-state index contributed by atoms with van der Waals surface area (Å²) in [6.07, 6.45) is 0. The second-order valence-corrected chi connectivity index (χ2v) is 8.00. The number of carbonyl (C=O) groups is 1. The maximum absolute atomic E-state index is 12.6. The van der Waals surface area contributed by atoms with Crippen LogP contribution in [-0.4, -0.2) is 25.1 Å². The van der Waals surface area contributed by atoms with Gasteiger partial charge in [0.05, 0.1) is 24.8 Å². The number of rotatable bonds is 5. The van der Waals surface area contributed by atoms with Gasteiger partial charge in [0.1, 0.15) is 5.52 Å². The first-order valence-corrected chi connectivity index (χ1v) is 10.3. The van der Waals surface area contributed by atoms with Crippen LogP contribution < -0.4 is 14.8 Å². The highest BCUT2D eigenvalue weighted by atomic mass is 127. The summed E-state index contributed by atoms with van der Waals surface area (Å²) in [7, 11) is 3.15. The lowest BCUT2D eigenvalue weighted by molar-refractivity contribution is 0.102. The number of carbonyl (C=O) groups excluding carboxylic acids is 1. The van der Waals surface area contributed by atoms with Gasteiger partial charge in [-0.3, -0.25) is 4.79 Å². The third kappa shape index (κ3) is 4.08. The number of hydrogen-bond donors (Lipinski definition) is 1. The molecule has 0 spiro atoms. The van der Waals surface area contributed by atoms with E-state index in [9.17, 15) is 4.79 Å². The number of fused-ring (bicyclic) bond motifs is 1. The number of hydrogen-bond acceptors (Lipinski definition) is 5. The molecule has 1 amide bonds. The fourth-order valence-corrected chi connectivity index (χ4v) is 3.66. The zero-order valence-corrected chi connectivity index (χ0v) is 18.9. The molecule has 0 bridgehead atoms. The molecule has 3 aromatic carbocycles. The molecule has 1 N–H and O–H groups in total. The van der Waals surface area contributed by atoms with E-state index in [2.05, 4.69) is 32.9 Å². The van der Waals surface area contributed by atoms with E-state index in [1.807, 2.05) is 12.1 Å². The molecule has 152 valence electrons. The summed E-state index contributed by atoms with van der Waals surface area (Å²) in [4.78, 5) is 17.2. The molecule has 4 aromatic rings. The fourth-order valence-electron chi connectivity index (χ4n) is 2.97. The Morgan fingerprint density at radius 1 is 1.03 bits per heavy atom. The van der Waals surface area contributed by atoms with Gasteiger partial charge in [0.2, 0.25) is 5.89 Å². The van der Waals surface area contributed by atoms with Crippen LogP contribution in [0.2, 0.25) is 5.02 Å². The van der Waals surface area contributed by atoms with Crippen molar-refractivity contribution in [2.45, 2.75) is 0 Å². The first-order chi connectivity index (χ1) is 14.5. The Hall–Kier alpha value is -2.78. The molecule has 0 fully saturated rings. The highest BCUT2D eigenvalue weighted by Crippen LogP contribution is 2.33. The Balaban J connectivity index is 1.63. The number of aromatic nitrogens is 1. The molecule has 1 heterocycles. The predicted molar refractivity (Wildman–Crippen MR) is 125 cm³/mol. The monoisotopic (exact) mass is 534 g/mol. The van der Waals surface area contributed by atoms with Gasteiger partial charge in [0.15, 0.2) is 17.1 Å². The Morgan fingerprint density at radius 3 is 2.60 bits per heavy atom. The van der Waals surface area contributed by atoms with Crippen molar-refractivity contribution in [2.75, 3.05) is 19.5 Å². The SMILES string of the molecule is COc1ccc(-c2nc3cc(NC(=O)c4cc(I)ccc4Cl)ccc3o2)cc1OC. The van der Waals surface area contributed by atoms with Crippen LogP contribution in [0.5, 0.6) is 11.5 Å². The molecular formula is C22H16ClIN2O4. The van der Waals surface area contributed by atoms with Crippen LogP contribution in [0.4, 0.5) is 5.69 Å². The summed E-state index contributed by atoms with van der Waals surface area (Å²) < 4.78 is 17.4. The third-order valence-electron chi connectivity index (χ3n) is 4.45. The minimum absolute atomic E-state index is 0.290. The quantitative estimate of drug-likeness (QED) is 0.317. The number of methoxy groups -OCH3 is 2. The largest absolute Gasteiger partial charge is 0.493 e. The number of ether oxygens (including phenoxy) is 2. The predicted octanol–water partition coefficient (Wildman–Crippen LogP) is 6.02. The average molecular weight is 535 g/mol. The van der Waals surface area contributed by atoms with Crippen LogP contribution in [-0.2, 0) is 0 Å². The maximum atomic E-state index is 12.6. The Morgan fingerprint density at radius 2 is 1.83 bits per heavy atom. The summed E-state index contributed by atoms with van der Waals surface area (Å²) >= 11 is 8.30. The summed E-state index contributed by atoms with van der Waals surface area (Å²) in [5.74, 6) is 1.35. The van der Waals surface area contributed by atoms with Crippen molar-refractivity contribution in [3.8, 4) is 23.0 Å². The Bertz CT molecular complexity index is 1260. The van der Waals surface area contributed by atoms with Crippen LogP contribution in [0.1, 0.15) is 10.4 Å². The summed E-state index contributed by atoms with van der Waals surface area (Å²) in [6.45, 7) is 0. The van der Waals surface area contributed by atoms with Crippen molar-refractivity contribution in [3.63, 3.8) is 0 Å². The number of amides is 1. The second kappa shape index (κ2) is 8.53. The standard InChI is InChI=1S/C22H16ClIN2O4/c1-28-19-7-3-12(9-20(19)29-2)22-26-17-11-14(5-8-18(17)30-22)25-21(27)15-10-13(24)4-6-16(15)23/h3-11H,1-2H3,(H,25,27). The van der Waals surface area contributed by atoms with Crippen molar-refractivity contribution in [1.29, 1.82) is 0 Å². The zero-order valence-electron chi connectivity index (χ0n) is 16.0. The summed E-state index contributed by atoms with van der Waals surface area (Å²) in [5.41, 5.74) is 2.97. The highest BCUT2D eigenvalue weighted by Gasteiger charge is 2.14. The lowest BCUT2D eigenvalue weighted by Crippen LogP contribution is -2.12. The smallest absolute Gasteiger partial charge is 0.257 e. The molecule has 8 heteroatoms. The third-order valence-corrected chi connectivity index (χ3v) is 5.45. The van der Waals surface area contributed by atoms with Gasteiger partial charge < -0.3 is 19.2 Å². The van der Waals surface area contributed by atoms with Crippen LogP contribution in [0.15, 0.2) is 59.0 Å². The van der Waals surface area contributed by atoms with Crippen molar-refractivity contribution in [2.24, 2.45) is 0 Å². The normalized spacial score (nSPS) is 10.8. The van der Waals surface area contributed by atoms with Crippen molar-refractivity contribution in [1.82, 2.24) is 4.98 Å². The topological polar surface area (TPSA) is 73.6 Å². The van der Waals surface area contributed by atoms with Gasteiger partial charge in [0, 0.05) is 14.8 Å². The zero-order chi connectivity index (χ0) is 21.3. The lowest BCUT2D eigenvalue weighted by atomic mass is 10.2. The van der Waals surface area contributed by atoms with Gasteiger partial charge in [-0.1, -0.05) is 11.6 Å². The molecule has 30 heavy (non-hydrogen) atoms. The van der Waals surface area contributed by atoms with Crippen LogP contribution in [0.25, 0.3) is 22.6 Å². The van der Waals surface area contributed by atoms with Crippen molar-refractivity contribution < 1.29 is 18.7 Å². The molecule has 0 aliphatic carbocycles. The maximum Gasteiger partial charge on any atom is 0.257 e. The minimum atomic E-state index is -0.290. The molecule has 0 atom stereocenters. The van der Waals surface area contributed by atoms with Crippen molar-refractivity contribution in [3.05, 3.63) is 68.8 Å². The van der Waals surface area contributed by atoms with Gasteiger partial charge in [-0.05, 0) is 77.2 Å². The molecule has 0 aliphatic rings. The Labute approximate surface area is 191 Å². The van der Waals surface area contributed by atoms with Crippen molar-refractivity contribution >= 4 is 56.9 Å². The number of halogens is 2. The molecule has 4 rings (SSSR count). The van der Waals surface area contributed by atoms with E-state index in [0.29, 0.717) is 44.8 Å². The first kappa shape index (κ1) is 20.5. The van der Waals surface area contributed by atoms with Gasteiger partial charge in [0.25, 0.3) is 5.91 Å². The van der Waals surface area contributed by atoms with Gasteiger partial charge in [-0.25, -0.2) is 4.98 Å².